The molecule has 0 radical (unpaired) electrons. The van der Waals surface area contributed by atoms with Crippen LogP contribution in [0.2, 0.25) is 0 Å². The molecule has 1 spiro atoms. The minimum atomic E-state index is -2.72. The summed E-state index contributed by atoms with van der Waals surface area (Å²) in [5.41, 5.74) is 4.12. The molecule has 2 aliphatic carbocycles. The van der Waals surface area contributed by atoms with Gasteiger partial charge in [-0.1, -0.05) is 11.3 Å². The van der Waals surface area contributed by atoms with Crippen molar-refractivity contribution in [3.8, 4) is 17.1 Å². The standard InChI is InChI=1S/C28H31F3N6O2S/c29-21-2-3-22(19-5-7-28(30,31)8-6-19)32-26(21)23-18-37(35-33-23)24-4-1-20(34-40(39)16-15-38)17-25(24)36-13-11-27(9-10-27)12-14-36/h1-5,17-18,34,38H,6-16H2. The fourth-order valence-corrected chi connectivity index (χ4v) is 6.17. The summed E-state index contributed by atoms with van der Waals surface area (Å²) in [4.78, 5) is 6.72. The number of piperidine rings is 1. The average Bonchev–Trinajstić information content (AvgIpc) is 3.50. The van der Waals surface area contributed by atoms with E-state index in [0.29, 0.717) is 22.4 Å². The Kier molecular flexibility index (Phi) is 7.16. The van der Waals surface area contributed by atoms with E-state index in [-0.39, 0.29) is 43.0 Å². The molecule has 1 unspecified atom stereocenters. The summed E-state index contributed by atoms with van der Waals surface area (Å²) in [6.07, 6.45) is 7.40. The van der Waals surface area contributed by atoms with Gasteiger partial charge in [-0.2, -0.15) is 0 Å². The average molecular weight is 573 g/mol. The van der Waals surface area contributed by atoms with Crippen molar-refractivity contribution in [3.63, 3.8) is 0 Å². The topological polar surface area (TPSA) is 96.2 Å². The summed E-state index contributed by atoms with van der Waals surface area (Å²) in [7, 11) is -1.42. The lowest BCUT2D eigenvalue weighted by Crippen LogP contribution is -2.35. The molecule has 3 aliphatic rings. The number of hydrogen-bond acceptors (Lipinski definition) is 6. The summed E-state index contributed by atoms with van der Waals surface area (Å²) < 4.78 is 58.9. The summed E-state index contributed by atoms with van der Waals surface area (Å²) in [6.45, 7) is 1.57. The van der Waals surface area contributed by atoms with Crippen molar-refractivity contribution in [2.45, 2.75) is 50.9 Å². The van der Waals surface area contributed by atoms with Gasteiger partial charge in [0, 0.05) is 31.6 Å². The first-order chi connectivity index (χ1) is 19.2. The molecule has 2 N–H and O–H groups in total. The van der Waals surface area contributed by atoms with E-state index in [1.165, 1.54) is 31.1 Å². The molecule has 1 atom stereocenters. The highest BCUT2D eigenvalue weighted by Crippen LogP contribution is 2.54. The third-order valence-corrected chi connectivity index (χ3v) is 9.19. The first-order valence-electron chi connectivity index (χ1n) is 13.6. The van der Waals surface area contributed by atoms with Crippen molar-refractivity contribution in [3.05, 3.63) is 54.1 Å². The molecule has 40 heavy (non-hydrogen) atoms. The van der Waals surface area contributed by atoms with E-state index in [4.69, 9.17) is 5.11 Å². The van der Waals surface area contributed by atoms with E-state index < -0.39 is 22.7 Å². The third kappa shape index (κ3) is 5.64. The van der Waals surface area contributed by atoms with Crippen molar-refractivity contribution in [1.82, 2.24) is 20.0 Å². The molecule has 1 saturated carbocycles. The van der Waals surface area contributed by atoms with Gasteiger partial charge in [0.2, 0.25) is 0 Å². The van der Waals surface area contributed by atoms with Crippen molar-refractivity contribution < 1.29 is 22.5 Å². The van der Waals surface area contributed by atoms with Crippen molar-refractivity contribution in [1.29, 1.82) is 0 Å². The molecule has 8 nitrogen and oxygen atoms in total. The third-order valence-electron chi connectivity index (χ3n) is 8.17. The number of benzene rings is 1. The number of alkyl halides is 2. The molecule has 0 bridgehead atoms. The Bertz CT molecular complexity index is 1460. The number of pyridine rings is 1. The maximum absolute atomic E-state index is 14.9. The Morgan fingerprint density at radius 2 is 1.82 bits per heavy atom. The molecule has 3 aromatic rings. The van der Waals surface area contributed by atoms with E-state index in [1.807, 2.05) is 12.1 Å². The lowest BCUT2D eigenvalue weighted by atomic mass is 9.93. The normalized spacial score (nSPS) is 20.3. The zero-order valence-corrected chi connectivity index (χ0v) is 22.8. The Morgan fingerprint density at radius 1 is 1.02 bits per heavy atom. The maximum atomic E-state index is 14.9. The number of aliphatic hydroxyl groups excluding tert-OH is 1. The number of allylic oxidation sites excluding steroid dienone is 2. The van der Waals surface area contributed by atoms with E-state index in [1.54, 1.807) is 16.9 Å². The maximum Gasteiger partial charge on any atom is 0.251 e. The molecule has 1 saturated heterocycles. The van der Waals surface area contributed by atoms with Crippen LogP contribution in [0.15, 0.2) is 42.6 Å². The minimum Gasteiger partial charge on any atom is -0.395 e. The van der Waals surface area contributed by atoms with Crippen LogP contribution in [-0.2, 0) is 11.0 Å². The van der Waals surface area contributed by atoms with E-state index in [9.17, 15) is 17.4 Å². The molecule has 0 amide bonds. The number of aromatic nitrogens is 4. The summed E-state index contributed by atoms with van der Waals surface area (Å²) in [6, 6.07) is 8.34. The van der Waals surface area contributed by atoms with Gasteiger partial charge >= 0.3 is 0 Å². The van der Waals surface area contributed by atoms with E-state index >= 15 is 0 Å². The van der Waals surface area contributed by atoms with Gasteiger partial charge in [0.25, 0.3) is 5.92 Å². The smallest absolute Gasteiger partial charge is 0.251 e. The molecule has 6 rings (SSSR count). The van der Waals surface area contributed by atoms with E-state index in [2.05, 4.69) is 24.9 Å². The van der Waals surface area contributed by atoms with Crippen LogP contribution in [0, 0.1) is 11.2 Å². The van der Waals surface area contributed by atoms with Crippen LogP contribution < -0.4 is 9.62 Å². The van der Waals surface area contributed by atoms with Crippen LogP contribution >= 0.6 is 0 Å². The molecule has 2 aromatic heterocycles. The molecule has 2 fully saturated rings. The highest BCUT2D eigenvalue weighted by atomic mass is 32.2. The molecule has 212 valence electrons. The largest absolute Gasteiger partial charge is 0.395 e. The molecule has 1 aromatic carbocycles. The van der Waals surface area contributed by atoms with Crippen LogP contribution in [0.3, 0.4) is 0 Å². The van der Waals surface area contributed by atoms with Crippen LogP contribution in [0.5, 0.6) is 0 Å². The monoisotopic (exact) mass is 572 g/mol. The van der Waals surface area contributed by atoms with Crippen LogP contribution in [0.4, 0.5) is 24.5 Å². The Labute approximate surface area is 232 Å². The predicted molar refractivity (Wildman–Crippen MR) is 148 cm³/mol. The fourth-order valence-electron chi connectivity index (χ4n) is 5.52. The molecule has 12 heteroatoms. The molecular formula is C28H31F3N6O2S. The second kappa shape index (κ2) is 10.6. The first-order valence-corrected chi connectivity index (χ1v) is 14.9. The zero-order chi connectivity index (χ0) is 27.9. The quantitative estimate of drug-likeness (QED) is 0.389. The first kappa shape index (κ1) is 26.9. The predicted octanol–water partition coefficient (Wildman–Crippen LogP) is 5.12. The highest BCUT2D eigenvalue weighted by Gasteiger charge is 2.44. The number of halogens is 3. The van der Waals surface area contributed by atoms with Crippen molar-refractivity contribution in [2.75, 3.05) is 35.1 Å². The van der Waals surface area contributed by atoms with Gasteiger partial charge in [0.15, 0.2) is 5.82 Å². The number of rotatable bonds is 8. The van der Waals surface area contributed by atoms with Gasteiger partial charge < -0.3 is 14.7 Å². The van der Waals surface area contributed by atoms with E-state index in [0.717, 1.165) is 37.3 Å². The van der Waals surface area contributed by atoms with Gasteiger partial charge in [-0.15, -0.1) is 5.10 Å². The molecule has 1 aliphatic heterocycles. The Morgan fingerprint density at radius 3 is 2.52 bits per heavy atom. The second-order valence-electron chi connectivity index (χ2n) is 10.9. The second-order valence-corrected chi connectivity index (χ2v) is 12.2. The molecule has 3 heterocycles. The van der Waals surface area contributed by atoms with Gasteiger partial charge in [-0.25, -0.2) is 27.0 Å². The van der Waals surface area contributed by atoms with Crippen LogP contribution in [0.1, 0.15) is 50.6 Å². The lowest BCUT2D eigenvalue weighted by molar-refractivity contribution is -0.00605. The number of anilines is 2. The summed E-state index contributed by atoms with van der Waals surface area (Å²) in [5, 5.41) is 17.6. The summed E-state index contributed by atoms with van der Waals surface area (Å²) in [5.74, 6) is -3.18. The summed E-state index contributed by atoms with van der Waals surface area (Å²) >= 11 is 0. The fraction of sp³-hybridized carbons (Fsp3) is 0.464. The number of hydrogen-bond donors (Lipinski definition) is 2. The number of nitrogens with zero attached hydrogens (tertiary/aromatic N) is 5. The minimum absolute atomic E-state index is 0.00914. The van der Waals surface area contributed by atoms with Gasteiger partial charge in [0.1, 0.15) is 22.4 Å². The van der Waals surface area contributed by atoms with Crippen molar-refractivity contribution >= 4 is 27.9 Å². The van der Waals surface area contributed by atoms with Gasteiger partial charge in [-0.05, 0) is 73.4 Å². The van der Waals surface area contributed by atoms with Crippen LogP contribution in [-0.4, -0.2) is 60.7 Å². The Hall–Kier alpha value is -3.25. The van der Waals surface area contributed by atoms with Crippen LogP contribution in [0.25, 0.3) is 22.6 Å². The zero-order valence-electron chi connectivity index (χ0n) is 22.0. The molecular weight excluding hydrogens is 541 g/mol. The van der Waals surface area contributed by atoms with Gasteiger partial charge in [-0.3, -0.25) is 0 Å². The lowest BCUT2D eigenvalue weighted by Gasteiger charge is -2.35. The Balaban J connectivity index is 1.31. The highest BCUT2D eigenvalue weighted by molar-refractivity contribution is 7.86. The number of nitrogens with one attached hydrogen (secondary N) is 1. The van der Waals surface area contributed by atoms with Gasteiger partial charge in [0.05, 0.1) is 35.6 Å². The van der Waals surface area contributed by atoms with Crippen molar-refractivity contribution in [2.24, 2.45) is 5.41 Å². The SMILES string of the molecule is O=S(CCO)Nc1ccc(-n2cc(-c3nc(C4=CCC(F)(F)CC4)ccc3F)nn2)c(N2CCC3(CC2)CC3)c1. The number of aliphatic hydroxyl groups is 1.